The smallest absolute Gasteiger partial charge is 0.236 e. The molecule has 0 spiro atoms. The number of benzene rings is 1. The summed E-state index contributed by atoms with van der Waals surface area (Å²) in [5.41, 5.74) is 2.14. The predicted molar refractivity (Wildman–Crippen MR) is 123 cm³/mol. The van der Waals surface area contributed by atoms with Gasteiger partial charge in [-0.1, -0.05) is 37.7 Å². The van der Waals surface area contributed by atoms with Gasteiger partial charge in [-0.2, -0.15) is 4.68 Å². The van der Waals surface area contributed by atoms with Crippen molar-refractivity contribution in [3.05, 3.63) is 29.8 Å². The van der Waals surface area contributed by atoms with Crippen LogP contribution in [0, 0.1) is 0 Å². The lowest BCUT2D eigenvalue weighted by Crippen LogP contribution is -2.51. The van der Waals surface area contributed by atoms with Crippen molar-refractivity contribution in [2.45, 2.75) is 37.8 Å². The second kappa shape index (κ2) is 10.4. The molecule has 0 bridgehead atoms. The number of likely N-dealkylation sites (tertiary alicyclic amines) is 1. The first-order valence-corrected chi connectivity index (χ1v) is 12.3. The van der Waals surface area contributed by atoms with E-state index in [4.69, 9.17) is 0 Å². The van der Waals surface area contributed by atoms with E-state index in [-0.39, 0.29) is 17.6 Å². The van der Waals surface area contributed by atoms with Gasteiger partial charge >= 0.3 is 0 Å². The lowest BCUT2D eigenvalue weighted by molar-refractivity contribution is -0.133. The third-order valence-electron chi connectivity index (χ3n) is 6.11. The molecule has 0 unspecified atom stereocenters. The summed E-state index contributed by atoms with van der Waals surface area (Å²) in [6.07, 6.45) is 2.22. The number of rotatable bonds is 7. The summed E-state index contributed by atoms with van der Waals surface area (Å²) in [7, 11) is 0. The highest BCUT2D eigenvalue weighted by Gasteiger charge is 2.25. The zero-order valence-corrected chi connectivity index (χ0v) is 19.6. The summed E-state index contributed by atoms with van der Waals surface area (Å²) in [5, 5.41) is 12.6. The molecule has 0 atom stereocenters. The quantitative estimate of drug-likeness (QED) is 0.584. The first-order valence-electron chi connectivity index (χ1n) is 11.3. The highest BCUT2D eigenvalue weighted by atomic mass is 32.2. The van der Waals surface area contributed by atoms with Gasteiger partial charge in [-0.25, -0.2) is 0 Å². The van der Waals surface area contributed by atoms with Gasteiger partial charge in [-0.05, 0) is 46.9 Å². The Morgan fingerprint density at radius 2 is 1.59 bits per heavy atom. The molecule has 1 aromatic carbocycles. The normalized spacial score (nSPS) is 17.3. The van der Waals surface area contributed by atoms with Gasteiger partial charge in [-0.15, -0.1) is 5.10 Å². The molecule has 2 amide bonds. The van der Waals surface area contributed by atoms with Crippen LogP contribution in [-0.4, -0.2) is 98.3 Å². The molecule has 172 valence electrons. The lowest BCUT2D eigenvalue weighted by Gasteiger charge is -2.35. The summed E-state index contributed by atoms with van der Waals surface area (Å²) in [4.78, 5) is 31.1. The molecule has 4 rings (SSSR count). The number of nitrogens with zero attached hydrogens (tertiary/aromatic N) is 7. The molecule has 3 heterocycles. The summed E-state index contributed by atoms with van der Waals surface area (Å²) in [6, 6.07) is 8.16. The van der Waals surface area contributed by atoms with Gasteiger partial charge in [0, 0.05) is 39.3 Å². The van der Waals surface area contributed by atoms with E-state index in [1.807, 2.05) is 21.9 Å². The average molecular weight is 458 g/mol. The molecular formula is C22H31N7O2S. The molecule has 2 saturated heterocycles. The molecule has 1 aromatic heterocycles. The molecule has 2 aliphatic heterocycles. The Kier molecular flexibility index (Phi) is 7.41. The zero-order chi connectivity index (χ0) is 22.5. The van der Waals surface area contributed by atoms with Crippen LogP contribution < -0.4 is 0 Å². The van der Waals surface area contributed by atoms with Crippen molar-refractivity contribution >= 4 is 23.6 Å². The first-order chi connectivity index (χ1) is 15.5. The molecule has 0 radical (unpaired) electrons. The summed E-state index contributed by atoms with van der Waals surface area (Å²) < 4.78 is 1.67. The van der Waals surface area contributed by atoms with E-state index >= 15 is 0 Å². The van der Waals surface area contributed by atoms with Crippen molar-refractivity contribution in [3.63, 3.8) is 0 Å². The molecular weight excluding hydrogens is 426 g/mol. The van der Waals surface area contributed by atoms with Crippen molar-refractivity contribution in [2.24, 2.45) is 0 Å². The van der Waals surface area contributed by atoms with Crippen molar-refractivity contribution in [2.75, 3.05) is 51.6 Å². The number of carbonyl (C=O) groups excluding carboxylic acids is 2. The van der Waals surface area contributed by atoms with Gasteiger partial charge in [0.1, 0.15) is 0 Å². The Morgan fingerprint density at radius 1 is 0.938 bits per heavy atom. The van der Waals surface area contributed by atoms with Gasteiger partial charge in [0.2, 0.25) is 17.0 Å². The van der Waals surface area contributed by atoms with Crippen molar-refractivity contribution in [1.29, 1.82) is 0 Å². The zero-order valence-electron chi connectivity index (χ0n) is 18.8. The summed E-state index contributed by atoms with van der Waals surface area (Å²) in [6.45, 7) is 9.30. The molecule has 9 nitrogen and oxygen atoms in total. The molecule has 32 heavy (non-hydrogen) atoms. The second-order valence-corrected chi connectivity index (χ2v) is 9.60. The van der Waals surface area contributed by atoms with Crippen molar-refractivity contribution in [3.8, 4) is 5.69 Å². The van der Waals surface area contributed by atoms with Crippen LogP contribution in [0.25, 0.3) is 5.69 Å². The van der Waals surface area contributed by atoms with E-state index in [0.717, 1.165) is 44.7 Å². The van der Waals surface area contributed by atoms with Crippen LogP contribution in [0.1, 0.15) is 38.2 Å². The number of tetrazole rings is 1. The summed E-state index contributed by atoms with van der Waals surface area (Å²) in [5.74, 6) is 1.04. The topological polar surface area (TPSA) is 87.5 Å². The highest BCUT2D eigenvalue weighted by molar-refractivity contribution is 7.99. The van der Waals surface area contributed by atoms with Gasteiger partial charge in [0.25, 0.3) is 0 Å². The number of hydrogen-bond acceptors (Lipinski definition) is 7. The van der Waals surface area contributed by atoms with Crippen LogP contribution >= 0.6 is 11.8 Å². The van der Waals surface area contributed by atoms with Gasteiger partial charge in [0.05, 0.1) is 18.0 Å². The van der Waals surface area contributed by atoms with Crippen LogP contribution in [0.5, 0.6) is 0 Å². The largest absolute Gasteiger partial charge is 0.342 e. The average Bonchev–Trinajstić information content (AvgIpc) is 3.50. The number of thioether (sulfide) groups is 1. The molecule has 0 aliphatic carbocycles. The fourth-order valence-corrected chi connectivity index (χ4v) is 4.86. The molecule has 2 aliphatic rings. The van der Waals surface area contributed by atoms with E-state index in [0.29, 0.717) is 30.7 Å². The number of aromatic nitrogens is 4. The van der Waals surface area contributed by atoms with Crippen LogP contribution in [0.15, 0.2) is 29.4 Å². The van der Waals surface area contributed by atoms with Gasteiger partial charge in [-0.3, -0.25) is 14.5 Å². The molecule has 0 N–H and O–H groups in total. The number of amides is 2. The molecule has 2 aromatic rings. The third kappa shape index (κ3) is 5.47. The Balaban J connectivity index is 1.25. The Labute approximate surface area is 193 Å². The van der Waals surface area contributed by atoms with Crippen LogP contribution in [0.4, 0.5) is 0 Å². The van der Waals surface area contributed by atoms with E-state index < -0.39 is 0 Å². The standard InChI is InChI=1S/C22H31N7O2S/c1-17(2)18-5-7-19(8-6-18)29-22(23-24-25-29)32-16-21(31)28-13-11-26(12-14-28)15-20(30)27-9-3-4-10-27/h5-8,17H,3-4,9-16H2,1-2H3. The Hall–Kier alpha value is -2.46. The fraction of sp³-hybridized carbons (Fsp3) is 0.591. The first kappa shape index (κ1) is 22.7. The molecule has 10 heteroatoms. The SMILES string of the molecule is CC(C)c1ccc(-n2nnnc2SCC(=O)N2CCN(CC(=O)N3CCCC3)CC2)cc1. The Morgan fingerprint density at radius 3 is 2.25 bits per heavy atom. The maximum absolute atomic E-state index is 12.7. The predicted octanol–water partition coefficient (Wildman–Crippen LogP) is 1.64. The lowest BCUT2D eigenvalue weighted by atomic mass is 10.0. The number of hydrogen-bond donors (Lipinski definition) is 0. The molecule has 0 saturated carbocycles. The van der Waals surface area contributed by atoms with Crippen LogP contribution in [0.2, 0.25) is 0 Å². The van der Waals surface area contributed by atoms with Crippen LogP contribution in [-0.2, 0) is 9.59 Å². The summed E-state index contributed by atoms with van der Waals surface area (Å²) >= 11 is 1.35. The minimum atomic E-state index is 0.0743. The van der Waals surface area contributed by atoms with Gasteiger partial charge < -0.3 is 9.80 Å². The second-order valence-electron chi connectivity index (χ2n) is 8.65. The van der Waals surface area contributed by atoms with Crippen molar-refractivity contribution in [1.82, 2.24) is 34.9 Å². The third-order valence-corrected chi connectivity index (χ3v) is 7.02. The minimum Gasteiger partial charge on any atom is -0.342 e. The maximum atomic E-state index is 12.7. The fourth-order valence-electron chi connectivity index (χ4n) is 4.06. The van der Waals surface area contributed by atoms with E-state index in [1.165, 1.54) is 17.3 Å². The van der Waals surface area contributed by atoms with E-state index in [2.05, 4.69) is 46.4 Å². The Bertz CT molecular complexity index is 917. The maximum Gasteiger partial charge on any atom is 0.236 e. The van der Waals surface area contributed by atoms with Crippen LogP contribution in [0.3, 0.4) is 0 Å². The highest BCUT2D eigenvalue weighted by Crippen LogP contribution is 2.21. The number of piperazine rings is 1. The van der Waals surface area contributed by atoms with Gasteiger partial charge in [0.15, 0.2) is 0 Å². The molecule has 2 fully saturated rings. The van der Waals surface area contributed by atoms with E-state index in [1.54, 1.807) is 4.68 Å². The minimum absolute atomic E-state index is 0.0743. The van der Waals surface area contributed by atoms with Crippen molar-refractivity contribution < 1.29 is 9.59 Å². The monoisotopic (exact) mass is 457 g/mol. The van der Waals surface area contributed by atoms with E-state index in [9.17, 15) is 9.59 Å². The number of carbonyl (C=O) groups is 2.